The zero-order valence-electron chi connectivity index (χ0n) is 18.4. The minimum atomic E-state index is 0.422. The summed E-state index contributed by atoms with van der Waals surface area (Å²) in [6.07, 6.45) is 10.4. The summed E-state index contributed by atoms with van der Waals surface area (Å²) in [4.78, 5) is 2.53. The van der Waals surface area contributed by atoms with Crippen LogP contribution in [0.5, 0.6) is 5.75 Å². The molecule has 1 aromatic rings. The normalized spacial score (nSPS) is 33.4. The molecule has 0 saturated heterocycles. The van der Waals surface area contributed by atoms with Crippen molar-refractivity contribution in [2.45, 2.75) is 78.1 Å². The summed E-state index contributed by atoms with van der Waals surface area (Å²) in [6, 6.07) is 6.16. The van der Waals surface area contributed by atoms with Crippen molar-refractivity contribution >= 4 is 0 Å². The summed E-state index contributed by atoms with van der Waals surface area (Å²) in [5.41, 5.74) is 6.83. The summed E-state index contributed by atoms with van der Waals surface area (Å²) in [5.74, 6) is 2.83. The van der Waals surface area contributed by atoms with Gasteiger partial charge in [-0.3, -0.25) is 0 Å². The summed E-state index contributed by atoms with van der Waals surface area (Å²) in [6.45, 7) is 9.65. The number of unbranched alkanes of at least 4 members (excludes halogenated alkanes) is 1. The first-order chi connectivity index (χ1) is 13.4. The van der Waals surface area contributed by atoms with Gasteiger partial charge in [-0.15, -0.1) is 0 Å². The number of likely N-dealkylation sites (N-methyl/N-ethyl adjacent to an activating group) is 1. The quantitative estimate of drug-likeness (QED) is 0.605. The number of rotatable bonds is 5. The summed E-state index contributed by atoms with van der Waals surface area (Å²) >= 11 is 0. The number of phenolic OH excluding ortho intramolecular Hbond substituents is 1. The van der Waals surface area contributed by atoms with Gasteiger partial charge in [-0.05, 0) is 112 Å². The van der Waals surface area contributed by atoms with Gasteiger partial charge in [0.05, 0.1) is 0 Å². The fraction of sp³-hybridized carbons (Fsp3) is 0.692. The van der Waals surface area contributed by atoms with Crippen LogP contribution >= 0.6 is 0 Å². The van der Waals surface area contributed by atoms with Gasteiger partial charge in [-0.2, -0.15) is 0 Å². The van der Waals surface area contributed by atoms with E-state index in [1.165, 1.54) is 57.1 Å². The Labute approximate surface area is 172 Å². The molecule has 1 N–H and O–H groups in total. The van der Waals surface area contributed by atoms with Gasteiger partial charge in [0, 0.05) is 6.54 Å². The van der Waals surface area contributed by atoms with Crippen LogP contribution in [0.4, 0.5) is 0 Å². The van der Waals surface area contributed by atoms with Gasteiger partial charge >= 0.3 is 0 Å². The third-order valence-electron chi connectivity index (χ3n) is 8.41. The van der Waals surface area contributed by atoms with E-state index < -0.39 is 0 Å². The van der Waals surface area contributed by atoms with Crippen molar-refractivity contribution < 1.29 is 5.11 Å². The Morgan fingerprint density at radius 3 is 2.82 bits per heavy atom. The largest absolute Gasteiger partial charge is 0.508 e. The van der Waals surface area contributed by atoms with E-state index in [-0.39, 0.29) is 0 Å². The molecule has 28 heavy (non-hydrogen) atoms. The molecule has 4 rings (SSSR count). The molecule has 154 valence electrons. The van der Waals surface area contributed by atoms with Crippen molar-refractivity contribution in [1.82, 2.24) is 4.90 Å². The van der Waals surface area contributed by atoms with Crippen molar-refractivity contribution in [3.05, 3.63) is 40.5 Å². The van der Waals surface area contributed by atoms with E-state index in [1.54, 1.807) is 16.7 Å². The van der Waals surface area contributed by atoms with E-state index in [1.807, 2.05) is 12.1 Å². The first-order valence-corrected chi connectivity index (χ1v) is 11.6. The molecular formula is C26H39NO. The van der Waals surface area contributed by atoms with Gasteiger partial charge < -0.3 is 10.0 Å². The first-order valence-electron chi connectivity index (χ1n) is 11.6. The van der Waals surface area contributed by atoms with Crippen LogP contribution in [0.3, 0.4) is 0 Å². The maximum atomic E-state index is 9.89. The van der Waals surface area contributed by atoms with Crippen LogP contribution in [0.2, 0.25) is 0 Å². The summed E-state index contributed by atoms with van der Waals surface area (Å²) < 4.78 is 0. The molecule has 2 saturated carbocycles. The number of fused-ring (bicyclic) bond motifs is 5. The van der Waals surface area contributed by atoms with Gasteiger partial charge in [0.15, 0.2) is 0 Å². The number of phenols is 1. The van der Waals surface area contributed by atoms with Crippen molar-refractivity contribution in [1.29, 1.82) is 0 Å². The maximum Gasteiger partial charge on any atom is 0.115 e. The number of benzene rings is 1. The molecule has 0 aliphatic heterocycles. The van der Waals surface area contributed by atoms with E-state index in [0.717, 1.165) is 24.8 Å². The predicted octanol–water partition coefficient (Wildman–Crippen LogP) is 6.30. The van der Waals surface area contributed by atoms with Crippen molar-refractivity contribution in [3.8, 4) is 5.75 Å². The lowest BCUT2D eigenvalue weighted by molar-refractivity contribution is 0.0806. The van der Waals surface area contributed by atoms with Crippen LogP contribution in [0.15, 0.2) is 29.3 Å². The Kier molecular flexibility index (Phi) is 5.62. The van der Waals surface area contributed by atoms with Crippen LogP contribution < -0.4 is 0 Å². The van der Waals surface area contributed by atoms with E-state index in [4.69, 9.17) is 0 Å². The van der Waals surface area contributed by atoms with Gasteiger partial charge in [0.25, 0.3) is 0 Å². The fourth-order valence-electron chi connectivity index (χ4n) is 7.09. The fourth-order valence-corrected chi connectivity index (χ4v) is 7.09. The molecule has 1 aromatic carbocycles. The van der Waals surface area contributed by atoms with E-state index in [9.17, 15) is 5.11 Å². The maximum absolute atomic E-state index is 9.89. The SMILES string of the molecule is CCCCN(C)C/C(C)=C1\CCC2C3CCc4cc(O)ccc4C3CCC12C. The van der Waals surface area contributed by atoms with E-state index in [0.29, 0.717) is 17.1 Å². The Balaban J connectivity index is 1.55. The predicted molar refractivity (Wildman–Crippen MR) is 118 cm³/mol. The van der Waals surface area contributed by atoms with Crippen LogP contribution in [-0.4, -0.2) is 30.1 Å². The molecule has 3 aliphatic carbocycles. The number of allylic oxidation sites excluding steroid dienone is 1. The Bertz CT molecular complexity index is 751. The van der Waals surface area contributed by atoms with E-state index in [2.05, 4.69) is 38.8 Å². The number of nitrogens with zero attached hydrogens (tertiary/aromatic N) is 1. The molecule has 2 nitrogen and oxygen atoms in total. The monoisotopic (exact) mass is 381 g/mol. The average molecular weight is 382 g/mol. The molecule has 0 aromatic heterocycles. The van der Waals surface area contributed by atoms with Crippen LogP contribution in [0, 0.1) is 17.3 Å². The zero-order chi connectivity index (χ0) is 19.9. The number of hydrogen-bond acceptors (Lipinski definition) is 2. The smallest absolute Gasteiger partial charge is 0.115 e. The highest BCUT2D eigenvalue weighted by Crippen LogP contribution is 2.63. The van der Waals surface area contributed by atoms with Crippen LogP contribution in [-0.2, 0) is 6.42 Å². The Morgan fingerprint density at radius 1 is 1.21 bits per heavy atom. The number of aromatic hydroxyl groups is 1. The zero-order valence-corrected chi connectivity index (χ0v) is 18.4. The van der Waals surface area contributed by atoms with E-state index >= 15 is 0 Å². The topological polar surface area (TPSA) is 23.5 Å². The minimum absolute atomic E-state index is 0.422. The summed E-state index contributed by atoms with van der Waals surface area (Å²) in [7, 11) is 2.29. The minimum Gasteiger partial charge on any atom is -0.508 e. The van der Waals surface area contributed by atoms with Gasteiger partial charge in [0.2, 0.25) is 0 Å². The summed E-state index contributed by atoms with van der Waals surface area (Å²) in [5, 5.41) is 9.89. The number of aryl methyl sites for hydroxylation is 1. The second-order valence-electron chi connectivity index (χ2n) is 10.1. The van der Waals surface area contributed by atoms with Gasteiger partial charge in [-0.25, -0.2) is 0 Å². The highest BCUT2D eigenvalue weighted by atomic mass is 16.3. The lowest BCUT2D eigenvalue weighted by atomic mass is 9.55. The molecule has 0 bridgehead atoms. The van der Waals surface area contributed by atoms with Gasteiger partial charge in [-0.1, -0.05) is 37.5 Å². The number of hydrogen-bond donors (Lipinski definition) is 1. The standard InChI is InChI=1S/C26H39NO/c1-5-6-15-27(4)17-18(2)24-11-12-25-23-9-7-19-16-20(28)8-10-21(19)22(23)13-14-26(24,25)3/h8,10,16,22-23,25,28H,5-7,9,11-15,17H2,1-4H3/b24-18+. The third-order valence-corrected chi connectivity index (χ3v) is 8.41. The molecule has 4 atom stereocenters. The second-order valence-corrected chi connectivity index (χ2v) is 10.1. The van der Waals surface area contributed by atoms with Crippen molar-refractivity contribution in [2.24, 2.45) is 17.3 Å². The molecule has 0 amide bonds. The van der Waals surface area contributed by atoms with Crippen LogP contribution in [0.1, 0.15) is 82.8 Å². The van der Waals surface area contributed by atoms with Gasteiger partial charge in [0.1, 0.15) is 5.75 Å². The Morgan fingerprint density at radius 2 is 2.04 bits per heavy atom. The highest BCUT2D eigenvalue weighted by Gasteiger charge is 2.52. The lowest BCUT2D eigenvalue weighted by Gasteiger charge is -2.50. The molecular weight excluding hydrogens is 342 g/mol. The third kappa shape index (κ3) is 3.43. The molecule has 3 aliphatic rings. The molecule has 2 heteroatoms. The molecule has 0 heterocycles. The second kappa shape index (κ2) is 7.86. The Hall–Kier alpha value is -1.28. The highest BCUT2D eigenvalue weighted by molar-refractivity contribution is 5.41. The van der Waals surface area contributed by atoms with Crippen LogP contribution in [0.25, 0.3) is 0 Å². The molecule has 2 fully saturated rings. The molecule has 0 spiro atoms. The molecule has 0 radical (unpaired) electrons. The molecule has 4 unspecified atom stereocenters. The lowest BCUT2D eigenvalue weighted by Crippen LogP contribution is -2.40. The first kappa shape index (κ1) is 20.0. The average Bonchev–Trinajstić information content (AvgIpc) is 3.03. The van der Waals surface area contributed by atoms with Crippen molar-refractivity contribution in [2.75, 3.05) is 20.1 Å². The van der Waals surface area contributed by atoms with Crippen molar-refractivity contribution in [3.63, 3.8) is 0 Å².